The summed E-state index contributed by atoms with van der Waals surface area (Å²) in [6.07, 6.45) is 8.77. The highest BCUT2D eigenvalue weighted by Crippen LogP contribution is 2.16. The van der Waals surface area contributed by atoms with Crippen molar-refractivity contribution in [2.24, 2.45) is 0 Å². The van der Waals surface area contributed by atoms with Crippen LogP contribution in [0.3, 0.4) is 0 Å². The van der Waals surface area contributed by atoms with Crippen molar-refractivity contribution >= 4 is 5.91 Å². The molecule has 1 amide bonds. The monoisotopic (exact) mass is 181 g/mol. The summed E-state index contributed by atoms with van der Waals surface area (Å²) >= 11 is 0. The quantitative estimate of drug-likeness (QED) is 0.663. The summed E-state index contributed by atoms with van der Waals surface area (Å²) in [5, 5.41) is 2.95. The van der Waals surface area contributed by atoms with Gasteiger partial charge in [-0.1, -0.05) is 19.4 Å². The number of carbonyl (C=O) groups is 1. The summed E-state index contributed by atoms with van der Waals surface area (Å²) in [5.41, 5.74) is 1.00. The second kappa shape index (κ2) is 5.79. The van der Waals surface area contributed by atoms with E-state index >= 15 is 0 Å². The highest BCUT2D eigenvalue weighted by molar-refractivity contribution is 5.93. The van der Waals surface area contributed by atoms with Crippen LogP contribution in [0, 0.1) is 0 Å². The van der Waals surface area contributed by atoms with E-state index in [9.17, 15) is 4.79 Å². The molecule has 1 rings (SSSR count). The first-order valence-electron chi connectivity index (χ1n) is 5.32. The fourth-order valence-electron chi connectivity index (χ4n) is 1.54. The van der Waals surface area contributed by atoms with E-state index in [1.165, 1.54) is 12.8 Å². The molecule has 13 heavy (non-hydrogen) atoms. The lowest BCUT2D eigenvalue weighted by Gasteiger charge is -2.12. The summed E-state index contributed by atoms with van der Waals surface area (Å²) < 4.78 is 0. The maximum absolute atomic E-state index is 11.5. The highest BCUT2D eigenvalue weighted by Gasteiger charge is 2.10. The number of nitrogens with one attached hydrogen (secondary N) is 1. The maximum Gasteiger partial charge on any atom is 0.246 e. The van der Waals surface area contributed by atoms with Gasteiger partial charge in [0, 0.05) is 12.1 Å². The van der Waals surface area contributed by atoms with E-state index in [1.54, 1.807) is 0 Å². The number of amides is 1. The number of unbranched alkanes of at least 4 members (excludes halogenated alkanes) is 1. The molecule has 1 aliphatic carbocycles. The average Bonchev–Trinajstić information content (AvgIpc) is 2.19. The molecular weight excluding hydrogens is 162 g/mol. The van der Waals surface area contributed by atoms with Gasteiger partial charge in [0.2, 0.25) is 5.91 Å². The molecule has 0 radical (unpaired) electrons. The lowest BCUT2D eigenvalue weighted by atomic mass is 9.99. The normalized spacial score (nSPS) is 16.5. The molecule has 0 atom stereocenters. The molecule has 0 fully saturated rings. The summed E-state index contributed by atoms with van der Waals surface area (Å²) in [7, 11) is 0. The Kier molecular flexibility index (Phi) is 4.58. The summed E-state index contributed by atoms with van der Waals surface area (Å²) in [6.45, 7) is 2.96. The predicted octanol–water partition coefficient (Wildman–Crippen LogP) is 2.40. The van der Waals surface area contributed by atoms with Gasteiger partial charge in [-0.25, -0.2) is 0 Å². The van der Waals surface area contributed by atoms with Gasteiger partial charge in [0.1, 0.15) is 0 Å². The number of carbonyl (C=O) groups excluding carboxylic acids is 1. The van der Waals surface area contributed by atoms with Gasteiger partial charge < -0.3 is 5.32 Å². The van der Waals surface area contributed by atoms with Crippen molar-refractivity contribution in [2.45, 2.75) is 45.4 Å². The molecule has 74 valence electrons. The maximum atomic E-state index is 11.5. The molecule has 0 aromatic carbocycles. The molecule has 0 saturated carbocycles. The predicted molar refractivity (Wildman–Crippen MR) is 54.5 cm³/mol. The van der Waals surface area contributed by atoms with Crippen LogP contribution in [0.25, 0.3) is 0 Å². The molecule has 0 aliphatic heterocycles. The molecule has 0 aromatic rings. The minimum atomic E-state index is 0.160. The lowest BCUT2D eigenvalue weighted by Crippen LogP contribution is -2.26. The molecule has 0 unspecified atom stereocenters. The average molecular weight is 181 g/mol. The third kappa shape index (κ3) is 3.62. The van der Waals surface area contributed by atoms with Gasteiger partial charge in [0.25, 0.3) is 0 Å². The van der Waals surface area contributed by atoms with Gasteiger partial charge >= 0.3 is 0 Å². The van der Waals surface area contributed by atoms with Crippen molar-refractivity contribution in [3.8, 4) is 0 Å². The van der Waals surface area contributed by atoms with Crippen LogP contribution in [0.15, 0.2) is 11.6 Å². The van der Waals surface area contributed by atoms with Gasteiger partial charge in [0.05, 0.1) is 0 Å². The fourth-order valence-corrected chi connectivity index (χ4v) is 1.54. The zero-order valence-corrected chi connectivity index (χ0v) is 8.44. The molecule has 1 N–H and O–H groups in total. The topological polar surface area (TPSA) is 29.1 Å². The molecule has 0 aromatic heterocycles. The largest absolute Gasteiger partial charge is 0.352 e. The SMILES string of the molecule is CCCCNC(=O)C1=CCCCC1. The van der Waals surface area contributed by atoms with Crippen molar-refractivity contribution in [3.63, 3.8) is 0 Å². The summed E-state index contributed by atoms with van der Waals surface area (Å²) in [4.78, 5) is 11.5. The van der Waals surface area contributed by atoms with Crippen molar-refractivity contribution < 1.29 is 4.79 Å². The summed E-state index contributed by atoms with van der Waals surface area (Å²) in [5.74, 6) is 0.160. The van der Waals surface area contributed by atoms with E-state index in [2.05, 4.69) is 18.3 Å². The minimum Gasteiger partial charge on any atom is -0.352 e. The molecule has 0 heterocycles. The van der Waals surface area contributed by atoms with Crippen molar-refractivity contribution in [1.29, 1.82) is 0 Å². The van der Waals surface area contributed by atoms with Crippen LogP contribution in [0.4, 0.5) is 0 Å². The molecule has 2 heteroatoms. The summed E-state index contributed by atoms with van der Waals surface area (Å²) in [6, 6.07) is 0. The third-order valence-electron chi connectivity index (χ3n) is 2.40. The van der Waals surface area contributed by atoms with E-state index in [0.29, 0.717) is 0 Å². The molecular formula is C11H19NO. The van der Waals surface area contributed by atoms with E-state index in [-0.39, 0.29) is 5.91 Å². The third-order valence-corrected chi connectivity index (χ3v) is 2.40. The highest BCUT2D eigenvalue weighted by atomic mass is 16.1. The van der Waals surface area contributed by atoms with Crippen LogP contribution >= 0.6 is 0 Å². The first-order valence-corrected chi connectivity index (χ1v) is 5.32. The van der Waals surface area contributed by atoms with Crippen LogP contribution in [-0.2, 0) is 4.79 Å². The zero-order chi connectivity index (χ0) is 9.52. The van der Waals surface area contributed by atoms with Gasteiger partial charge in [-0.2, -0.15) is 0 Å². The molecule has 0 bridgehead atoms. The Morgan fingerprint density at radius 1 is 1.54 bits per heavy atom. The standard InChI is InChI=1S/C11H19NO/c1-2-3-9-12-11(13)10-7-5-4-6-8-10/h7H,2-6,8-9H2,1H3,(H,12,13). The second-order valence-electron chi connectivity index (χ2n) is 3.58. The first kappa shape index (κ1) is 10.3. The van der Waals surface area contributed by atoms with Crippen LogP contribution < -0.4 is 5.32 Å². The minimum absolute atomic E-state index is 0.160. The van der Waals surface area contributed by atoms with Gasteiger partial charge in [0.15, 0.2) is 0 Å². The molecule has 0 spiro atoms. The Morgan fingerprint density at radius 2 is 2.38 bits per heavy atom. The number of rotatable bonds is 4. The van der Waals surface area contributed by atoms with Gasteiger partial charge in [-0.05, 0) is 32.1 Å². The molecule has 2 nitrogen and oxygen atoms in total. The Hall–Kier alpha value is -0.790. The van der Waals surface area contributed by atoms with Gasteiger partial charge in [-0.15, -0.1) is 0 Å². The van der Waals surface area contributed by atoms with Crippen LogP contribution in [0.5, 0.6) is 0 Å². The smallest absolute Gasteiger partial charge is 0.246 e. The molecule has 1 aliphatic rings. The lowest BCUT2D eigenvalue weighted by molar-refractivity contribution is -0.117. The number of allylic oxidation sites excluding steroid dienone is 1. The van der Waals surface area contributed by atoms with E-state index in [1.807, 2.05) is 0 Å². The van der Waals surface area contributed by atoms with Crippen molar-refractivity contribution in [3.05, 3.63) is 11.6 Å². The van der Waals surface area contributed by atoms with Gasteiger partial charge in [-0.3, -0.25) is 4.79 Å². The van der Waals surface area contributed by atoms with E-state index < -0.39 is 0 Å². The number of hydrogen-bond acceptors (Lipinski definition) is 1. The number of hydrogen-bond donors (Lipinski definition) is 1. The Morgan fingerprint density at radius 3 is 3.00 bits per heavy atom. The van der Waals surface area contributed by atoms with Crippen molar-refractivity contribution in [2.75, 3.05) is 6.54 Å². The molecule has 0 saturated heterocycles. The zero-order valence-electron chi connectivity index (χ0n) is 8.44. The fraction of sp³-hybridized carbons (Fsp3) is 0.727. The van der Waals surface area contributed by atoms with Crippen LogP contribution in [0.1, 0.15) is 45.4 Å². The first-order chi connectivity index (χ1) is 6.34. The second-order valence-corrected chi connectivity index (χ2v) is 3.58. The Bertz CT molecular complexity index is 196. The van der Waals surface area contributed by atoms with E-state index in [4.69, 9.17) is 0 Å². The Labute approximate surface area is 80.4 Å². The van der Waals surface area contributed by atoms with Crippen LogP contribution in [-0.4, -0.2) is 12.5 Å². The Balaban J connectivity index is 2.25. The van der Waals surface area contributed by atoms with Crippen molar-refractivity contribution in [1.82, 2.24) is 5.32 Å². The van der Waals surface area contributed by atoms with E-state index in [0.717, 1.165) is 37.8 Å². The van der Waals surface area contributed by atoms with Crippen LogP contribution in [0.2, 0.25) is 0 Å².